The summed E-state index contributed by atoms with van der Waals surface area (Å²) in [5.74, 6) is -0.651. The first kappa shape index (κ1) is 22.2. The van der Waals surface area contributed by atoms with Gasteiger partial charge in [-0.1, -0.05) is 42.0 Å². The van der Waals surface area contributed by atoms with E-state index in [0.29, 0.717) is 5.69 Å². The van der Waals surface area contributed by atoms with E-state index in [4.69, 9.17) is 0 Å². The van der Waals surface area contributed by atoms with E-state index in [1.807, 2.05) is 44.2 Å². The number of benzene rings is 3. The number of carbonyl (C=O) groups is 1. The molecule has 0 fully saturated rings. The lowest BCUT2D eigenvalue weighted by Gasteiger charge is -2.37. The fourth-order valence-electron chi connectivity index (χ4n) is 5.03. The van der Waals surface area contributed by atoms with Gasteiger partial charge in [0.2, 0.25) is 0 Å². The summed E-state index contributed by atoms with van der Waals surface area (Å²) in [6.07, 6.45) is 5.15. The second-order valence-electron chi connectivity index (χ2n) is 9.08. The Balaban J connectivity index is 1.47. The number of allylic oxidation sites excluding steroid dienone is 2. The van der Waals surface area contributed by atoms with E-state index in [-0.39, 0.29) is 28.3 Å². The van der Waals surface area contributed by atoms with Gasteiger partial charge >= 0.3 is 5.97 Å². The summed E-state index contributed by atoms with van der Waals surface area (Å²) >= 11 is 0. The Morgan fingerprint density at radius 2 is 1.79 bits per heavy atom. The molecule has 7 heteroatoms. The van der Waals surface area contributed by atoms with Crippen LogP contribution in [0.4, 0.5) is 11.4 Å². The predicted octanol–water partition coefficient (Wildman–Crippen LogP) is 5.63. The number of hydrogen-bond acceptors (Lipinski definition) is 4. The van der Waals surface area contributed by atoms with Crippen molar-refractivity contribution in [3.8, 4) is 0 Å². The molecular weight excluding hydrogens is 448 g/mol. The van der Waals surface area contributed by atoms with Gasteiger partial charge in [0.05, 0.1) is 22.2 Å². The van der Waals surface area contributed by atoms with Crippen LogP contribution in [0.3, 0.4) is 0 Å². The van der Waals surface area contributed by atoms with Gasteiger partial charge in [-0.2, -0.15) is 0 Å². The number of carboxylic acid groups (broad SMARTS) is 1. The largest absolute Gasteiger partial charge is 0.478 e. The molecule has 0 bridgehead atoms. The quantitative estimate of drug-likeness (QED) is 0.417. The van der Waals surface area contributed by atoms with Crippen molar-refractivity contribution >= 4 is 27.4 Å². The van der Waals surface area contributed by atoms with Gasteiger partial charge < -0.3 is 10.4 Å². The maximum atomic E-state index is 13.2. The molecule has 0 radical (unpaired) electrons. The fraction of sp³-hybridized carbons (Fsp3) is 0.222. The van der Waals surface area contributed by atoms with Crippen molar-refractivity contribution in [2.24, 2.45) is 5.92 Å². The Kier molecular flexibility index (Phi) is 5.44. The Bertz CT molecular complexity index is 1410. The zero-order valence-electron chi connectivity index (χ0n) is 18.9. The fourth-order valence-corrected chi connectivity index (χ4v) is 6.20. The Morgan fingerprint density at radius 3 is 2.50 bits per heavy atom. The molecule has 0 aromatic heterocycles. The number of aryl methyl sites for hydroxylation is 2. The molecule has 3 aromatic carbocycles. The zero-order valence-corrected chi connectivity index (χ0v) is 19.8. The molecule has 1 aliphatic heterocycles. The highest BCUT2D eigenvalue weighted by Crippen LogP contribution is 2.50. The third-order valence-electron chi connectivity index (χ3n) is 6.79. The highest BCUT2D eigenvalue weighted by Gasteiger charge is 2.38. The molecule has 6 nitrogen and oxygen atoms in total. The van der Waals surface area contributed by atoms with Gasteiger partial charge in [-0.3, -0.25) is 4.72 Å². The van der Waals surface area contributed by atoms with Crippen LogP contribution in [0.2, 0.25) is 0 Å². The molecule has 3 aromatic rings. The molecule has 3 atom stereocenters. The van der Waals surface area contributed by atoms with Crippen LogP contribution in [0.15, 0.2) is 77.7 Å². The lowest BCUT2D eigenvalue weighted by atomic mass is 9.77. The van der Waals surface area contributed by atoms with Crippen molar-refractivity contribution in [1.82, 2.24) is 0 Å². The molecule has 34 heavy (non-hydrogen) atoms. The molecule has 0 amide bonds. The average molecular weight is 475 g/mol. The van der Waals surface area contributed by atoms with Crippen molar-refractivity contribution in [2.75, 3.05) is 10.0 Å². The molecule has 0 saturated carbocycles. The number of nitrogens with one attached hydrogen (secondary N) is 2. The number of sulfonamides is 1. The van der Waals surface area contributed by atoms with Gasteiger partial charge in [-0.25, -0.2) is 13.2 Å². The molecule has 3 N–H and O–H groups in total. The Hall–Kier alpha value is -3.58. The smallest absolute Gasteiger partial charge is 0.335 e. The molecule has 174 valence electrons. The molecule has 0 saturated heterocycles. The Morgan fingerprint density at radius 1 is 1.03 bits per heavy atom. The molecule has 1 aliphatic carbocycles. The lowest BCUT2D eigenvalue weighted by molar-refractivity contribution is 0.0697. The van der Waals surface area contributed by atoms with Crippen LogP contribution >= 0.6 is 0 Å². The summed E-state index contributed by atoms with van der Waals surface area (Å²) in [7, 11) is -3.75. The summed E-state index contributed by atoms with van der Waals surface area (Å²) in [5.41, 5.74) is 5.65. The third kappa shape index (κ3) is 3.96. The summed E-state index contributed by atoms with van der Waals surface area (Å²) in [6, 6.07) is 17.8. The van der Waals surface area contributed by atoms with E-state index in [9.17, 15) is 18.3 Å². The average Bonchev–Trinajstić information content (AvgIpc) is 3.30. The third-order valence-corrected chi connectivity index (χ3v) is 8.15. The van der Waals surface area contributed by atoms with Crippen LogP contribution < -0.4 is 10.0 Å². The van der Waals surface area contributed by atoms with Gasteiger partial charge in [0.1, 0.15) is 0 Å². The highest BCUT2D eigenvalue weighted by atomic mass is 32.2. The number of rotatable bonds is 5. The highest BCUT2D eigenvalue weighted by molar-refractivity contribution is 7.92. The molecule has 3 unspecified atom stereocenters. The van der Waals surface area contributed by atoms with Crippen molar-refractivity contribution in [2.45, 2.75) is 37.1 Å². The van der Waals surface area contributed by atoms with Crippen LogP contribution in [0.25, 0.3) is 0 Å². The monoisotopic (exact) mass is 474 g/mol. The SMILES string of the molecule is Cc1ccc(NS(=O)(=O)c2ccc3c(c2)C2C=CCC2C(c2ccc(C(=O)O)cc2)N3)c(C)c1. The van der Waals surface area contributed by atoms with Crippen LogP contribution in [-0.2, 0) is 10.0 Å². The standard InChI is InChI=1S/C27H26N2O4S/c1-16-6-12-24(17(2)14-16)29-34(32,33)20-11-13-25-23(15-20)21-4-3-5-22(21)26(28-25)18-7-9-19(10-8-18)27(30)31/h3-4,6-15,21-22,26,28-29H,5H2,1-2H3,(H,30,31). The Labute approximate surface area is 199 Å². The second kappa shape index (κ2) is 8.33. The topological polar surface area (TPSA) is 95.5 Å². The molecule has 5 rings (SSSR count). The van der Waals surface area contributed by atoms with Gasteiger partial charge in [0.15, 0.2) is 0 Å². The minimum atomic E-state index is -3.75. The number of hydrogen-bond donors (Lipinski definition) is 3. The van der Waals surface area contributed by atoms with Gasteiger partial charge in [0, 0.05) is 11.6 Å². The first-order valence-electron chi connectivity index (χ1n) is 11.2. The second-order valence-corrected chi connectivity index (χ2v) is 10.8. The van der Waals surface area contributed by atoms with E-state index < -0.39 is 16.0 Å². The minimum absolute atomic E-state index is 0.00568. The summed E-state index contributed by atoms with van der Waals surface area (Å²) < 4.78 is 29.1. The van der Waals surface area contributed by atoms with Crippen molar-refractivity contribution in [3.05, 3.63) is 101 Å². The van der Waals surface area contributed by atoms with E-state index in [1.54, 1.807) is 30.3 Å². The van der Waals surface area contributed by atoms with E-state index in [1.165, 1.54) is 0 Å². The first-order chi connectivity index (χ1) is 16.2. The molecule has 1 heterocycles. The summed E-state index contributed by atoms with van der Waals surface area (Å²) in [4.78, 5) is 11.4. The molecular formula is C27H26N2O4S. The van der Waals surface area contributed by atoms with Gasteiger partial charge in [0.25, 0.3) is 10.0 Å². The van der Waals surface area contributed by atoms with Crippen molar-refractivity contribution in [1.29, 1.82) is 0 Å². The van der Waals surface area contributed by atoms with Crippen LogP contribution in [-0.4, -0.2) is 19.5 Å². The van der Waals surface area contributed by atoms with Crippen LogP contribution in [0.5, 0.6) is 0 Å². The van der Waals surface area contributed by atoms with Gasteiger partial charge in [-0.05, 0) is 79.3 Å². The van der Waals surface area contributed by atoms with Crippen LogP contribution in [0, 0.1) is 19.8 Å². The number of aromatic carboxylic acids is 1. The molecule has 2 aliphatic rings. The zero-order chi connectivity index (χ0) is 24.0. The predicted molar refractivity (Wildman–Crippen MR) is 133 cm³/mol. The normalized spacial score (nSPS) is 20.8. The maximum absolute atomic E-state index is 13.2. The number of carboxylic acids is 1. The van der Waals surface area contributed by atoms with Gasteiger partial charge in [-0.15, -0.1) is 0 Å². The van der Waals surface area contributed by atoms with E-state index in [0.717, 1.165) is 34.4 Å². The summed E-state index contributed by atoms with van der Waals surface area (Å²) in [6.45, 7) is 3.86. The van der Waals surface area contributed by atoms with Crippen molar-refractivity contribution in [3.63, 3.8) is 0 Å². The number of fused-ring (bicyclic) bond motifs is 3. The van der Waals surface area contributed by atoms with E-state index >= 15 is 0 Å². The maximum Gasteiger partial charge on any atom is 0.335 e. The molecule has 0 spiro atoms. The van der Waals surface area contributed by atoms with E-state index in [2.05, 4.69) is 22.2 Å². The van der Waals surface area contributed by atoms with Crippen molar-refractivity contribution < 1.29 is 18.3 Å². The number of anilines is 2. The summed E-state index contributed by atoms with van der Waals surface area (Å²) in [5, 5.41) is 12.8. The minimum Gasteiger partial charge on any atom is -0.478 e. The lowest BCUT2D eigenvalue weighted by Crippen LogP contribution is -2.29. The first-order valence-corrected chi connectivity index (χ1v) is 12.7. The van der Waals surface area contributed by atoms with Crippen LogP contribution in [0.1, 0.15) is 51.0 Å².